The summed E-state index contributed by atoms with van der Waals surface area (Å²) in [4.78, 5) is 22.1. The van der Waals surface area contributed by atoms with Crippen LogP contribution in [-0.2, 0) is 4.79 Å². The minimum Gasteiger partial charge on any atom is -0.481 e. The summed E-state index contributed by atoms with van der Waals surface area (Å²) in [7, 11) is 4.94. The molecule has 0 radical (unpaired) electrons. The van der Waals surface area contributed by atoms with E-state index in [1.54, 1.807) is 19.1 Å². The molecule has 0 aliphatic carbocycles. The average Bonchev–Trinajstić information content (AvgIpc) is 2.15. The zero-order chi connectivity index (χ0) is 12.0. The maximum atomic E-state index is 11.5. The van der Waals surface area contributed by atoms with Crippen LogP contribution in [-0.4, -0.2) is 54.3 Å². The quantitative estimate of drug-likeness (QED) is 0.652. The molecule has 88 valence electrons. The lowest BCUT2D eigenvalue weighted by Gasteiger charge is -2.34. The normalized spacial score (nSPS) is 12.3. The van der Waals surface area contributed by atoms with E-state index < -0.39 is 5.97 Å². The van der Waals surface area contributed by atoms with Crippen LogP contribution >= 0.6 is 0 Å². The van der Waals surface area contributed by atoms with Gasteiger partial charge in [-0.1, -0.05) is 6.92 Å². The number of rotatable bonds is 5. The third-order valence-corrected chi connectivity index (χ3v) is 2.08. The number of carbonyl (C=O) groups is 2. The molecule has 0 aromatic heterocycles. The van der Waals surface area contributed by atoms with Gasteiger partial charge in [-0.15, -0.1) is 0 Å². The number of hydrogen-bond acceptors (Lipinski definition) is 3. The van der Waals surface area contributed by atoms with Crippen molar-refractivity contribution in [3.63, 3.8) is 0 Å². The van der Waals surface area contributed by atoms with Crippen LogP contribution in [0.15, 0.2) is 0 Å². The lowest BCUT2D eigenvalue weighted by molar-refractivity contribution is -0.139. The second kappa shape index (κ2) is 6.23. The highest BCUT2D eigenvalue weighted by Crippen LogP contribution is 2.10. The van der Waals surface area contributed by atoms with Crippen molar-refractivity contribution >= 4 is 12.0 Å². The average molecular weight is 217 g/mol. The first-order valence-electron chi connectivity index (χ1n) is 4.84. The highest BCUT2D eigenvalue weighted by Gasteiger charge is 2.25. The Hall–Kier alpha value is -1.30. The van der Waals surface area contributed by atoms with E-state index >= 15 is 0 Å². The largest absolute Gasteiger partial charge is 0.481 e. The van der Waals surface area contributed by atoms with Crippen molar-refractivity contribution in [2.45, 2.75) is 25.8 Å². The summed E-state index contributed by atoms with van der Waals surface area (Å²) < 4.78 is 0. The molecule has 0 fully saturated rings. The molecule has 0 aliphatic rings. The lowest BCUT2D eigenvalue weighted by Crippen LogP contribution is -2.52. The number of carbonyl (C=O) groups excluding carboxylic acids is 1. The van der Waals surface area contributed by atoms with E-state index in [-0.39, 0.29) is 18.5 Å². The van der Waals surface area contributed by atoms with E-state index in [9.17, 15) is 9.59 Å². The van der Waals surface area contributed by atoms with E-state index in [0.717, 1.165) is 0 Å². The van der Waals surface area contributed by atoms with Crippen molar-refractivity contribution < 1.29 is 14.7 Å². The highest BCUT2D eigenvalue weighted by molar-refractivity contribution is 5.75. The second-order valence-electron chi connectivity index (χ2n) is 3.41. The molecule has 0 saturated carbocycles. The second-order valence-corrected chi connectivity index (χ2v) is 3.41. The van der Waals surface area contributed by atoms with Gasteiger partial charge in [-0.05, 0) is 6.42 Å². The molecule has 0 aromatic rings. The molecule has 0 aromatic carbocycles. The van der Waals surface area contributed by atoms with Crippen molar-refractivity contribution in [3.05, 3.63) is 0 Å². The van der Waals surface area contributed by atoms with Gasteiger partial charge < -0.3 is 10.4 Å². The predicted octanol–water partition coefficient (Wildman–Crippen LogP) is 0.358. The number of amides is 2. The van der Waals surface area contributed by atoms with Gasteiger partial charge in [-0.3, -0.25) is 9.80 Å². The van der Waals surface area contributed by atoms with Gasteiger partial charge in [0.05, 0.1) is 12.5 Å². The smallest absolute Gasteiger partial charge is 0.331 e. The molecular formula is C9H19N3O3. The first-order chi connectivity index (χ1) is 6.93. The molecule has 2 amide bonds. The minimum absolute atomic E-state index is 0.0535. The van der Waals surface area contributed by atoms with Crippen molar-refractivity contribution in [1.82, 2.24) is 15.3 Å². The fraction of sp³-hybridized carbons (Fsp3) is 0.778. The molecule has 1 unspecified atom stereocenters. The van der Waals surface area contributed by atoms with Gasteiger partial charge >= 0.3 is 12.0 Å². The molecule has 6 heteroatoms. The Morgan fingerprint density at radius 1 is 1.40 bits per heavy atom. The van der Waals surface area contributed by atoms with Crippen LogP contribution in [0, 0.1) is 0 Å². The van der Waals surface area contributed by atoms with Gasteiger partial charge in [0.1, 0.15) is 0 Å². The summed E-state index contributed by atoms with van der Waals surface area (Å²) in [6.45, 7) is 1.85. The number of urea groups is 1. The SMILES string of the molecule is CCC(CC(=O)O)N(C(=O)NC)N(C)C. The Kier molecular flexibility index (Phi) is 5.69. The Bertz CT molecular complexity index is 231. The predicted molar refractivity (Wildman–Crippen MR) is 56.3 cm³/mol. The van der Waals surface area contributed by atoms with Crippen LogP contribution in [0.2, 0.25) is 0 Å². The van der Waals surface area contributed by atoms with Gasteiger partial charge in [-0.2, -0.15) is 0 Å². The van der Waals surface area contributed by atoms with E-state index in [1.807, 2.05) is 6.92 Å². The molecular weight excluding hydrogens is 198 g/mol. The fourth-order valence-corrected chi connectivity index (χ4v) is 1.39. The van der Waals surface area contributed by atoms with Gasteiger partial charge in [0, 0.05) is 21.1 Å². The zero-order valence-corrected chi connectivity index (χ0v) is 9.65. The van der Waals surface area contributed by atoms with Crippen molar-refractivity contribution in [2.75, 3.05) is 21.1 Å². The Balaban J connectivity index is 4.69. The molecule has 6 nitrogen and oxygen atoms in total. The van der Waals surface area contributed by atoms with Crippen LogP contribution in [0.4, 0.5) is 4.79 Å². The maximum Gasteiger partial charge on any atom is 0.331 e. The number of carboxylic acids is 1. The Morgan fingerprint density at radius 3 is 2.20 bits per heavy atom. The number of nitrogens with one attached hydrogen (secondary N) is 1. The van der Waals surface area contributed by atoms with Crippen molar-refractivity contribution in [3.8, 4) is 0 Å². The molecule has 0 bridgehead atoms. The van der Waals surface area contributed by atoms with Gasteiger partial charge in [0.15, 0.2) is 0 Å². The van der Waals surface area contributed by atoms with Crippen molar-refractivity contribution in [1.29, 1.82) is 0 Å². The van der Waals surface area contributed by atoms with Crippen LogP contribution in [0.5, 0.6) is 0 Å². The number of nitrogens with zero attached hydrogens (tertiary/aromatic N) is 2. The van der Waals surface area contributed by atoms with E-state index in [1.165, 1.54) is 12.1 Å². The van der Waals surface area contributed by atoms with Gasteiger partial charge in [0.25, 0.3) is 0 Å². The molecule has 0 spiro atoms. The Morgan fingerprint density at radius 2 is 1.93 bits per heavy atom. The number of aliphatic carboxylic acids is 1. The van der Waals surface area contributed by atoms with E-state index in [2.05, 4.69) is 5.32 Å². The third-order valence-electron chi connectivity index (χ3n) is 2.08. The molecule has 0 rings (SSSR count). The van der Waals surface area contributed by atoms with Crippen LogP contribution in [0.3, 0.4) is 0 Å². The number of hydrazine groups is 1. The summed E-state index contributed by atoms with van der Waals surface area (Å²) in [5.41, 5.74) is 0. The summed E-state index contributed by atoms with van der Waals surface area (Å²) >= 11 is 0. The minimum atomic E-state index is -0.905. The zero-order valence-electron chi connectivity index (χ0n) is 9.65. The van der Waals surface area contributed by atoms with Gasteiger partial charge in [0.2, 0.25) is 0 Å². The van der Waals surface area contributed by atoms with Crippen molar-refractivity contribution in [2.24, 2.45) is 0 Å². The van der Waals surface area contributed by atoms with Gasteiger partial charge in [-0.25, -0.2) is 9.80 Å². The van der Waals surface area contributed by atoms with Crippen LogP contribution in [0.1, 0.15) is 19.8 Å². The molecule has 0 heterocycles. The van der Waals surface area contributed by atoms with Crippen LogP contribution < -0.4 is 5.32 Å². The summed E-state index contributed by atoms with van der Waals surface area (Å²) in [5, 5.41) is 14.2. The van der Waals surface area contributed by atoms with E-state index in [0.29, 0.717) is 6.42 Å². The first kappa shape index (κ1) is 13.7. The highest BCUT2D eigenvalue weighted by atomic mass is 16.4. The summed E-state index contributed by atoms with van der Waals surface area (Å²) in [6.07, 6.45) is 0.542. The first-order valence-corrected chi connectivity index (χ1v) is 4.84. The van der Waals surface area contributed by atoms with E-state index in [4.69, 9.17) is 5.11 Å². The summed E-state index contributed by atoms with van der Waals surface area (Å²) in [6, 6.07) is -0.620. The molecule has 0 aliphatic heterocycles. The standard InChI is InChI=1S/C9H19N3O3/c1-5-7(6-8(13)14)12(11(3)4)9(15)10-2/h7H,5-6H2,1-4H3,(H,10,15)(H,13,14). The molecule has 15 heavy (non-hydrogen) atoms. The lowest BCUT2D eigenvalue weighted by atomic mass is 10.1. The number of carboxylic acid groups (broad SMARTS) is 1. The number of hydrogen-bond donors (Lipinski definition) is 2. The van der Waals surface area contributed by atoms with Crippen LogP contribution in [0.25, 0.3) is 0 Å². The topological polar surface area (TPSA) is 72.9 Å². The molecule has 1 atom stereocenters. The summed E-state index contributed by atoms with van der Waals surface area (Å²) in [5.74, 6) is -0.905. The monoisotopic (exact) mass is 217 g/mol. The Labute approximate surface area is 89.8 Å². The third kappa shape index (κ3) is 4.16. The fourth-order valence-electron chi connectivity index (χ4n) is 1.39. The maximum absolute atomic E-state index is 11.5. The molecule has 0 saturated heterocycles. The molecule has 2 N–H and O–H groups in total.